The van der Waals surface area contributed by atoms with E-state index in [4.69, 9.17) is 0 Å². The second kappa shape index (κ2) is 7.78. The lowest BCUT2D eigenvalue weighted by molar-refractivity contribution is 0.757. The normalized spacial score (nSPS) is 10.5. The van der Waals surface area contributed by atoms with Crippen molar-refractivity contribution in [1.82, 2.24) is 9.97 Å². The lowest BCUT2D eigenvalue weighted by Crippen LogP contribution is -2.20. The van der Waals surface area contributed by atoms with E-state index in [0.717, 1.165) is 24.6 Å². The predicted octanol–water partition coefficient (Wildman–Crippen LogP) is 3.94. The summed E-state index contributed by atoms with van der Waals surface area (Å²) in [6.45, 7) is 8.10. The van der Waals surface area contributed by atoms with Gasteiger partial charge in [-0.15, -0.1) is 0 Å². The summed E-state index contributed by atoms with van der Waals surface area (Å²) < 4.78 is 0. The van der Waals surface area contributed by atoms with Gasteiger partial charge in [0.1, 0.15) is 5.82 Å². The molecule has 0 amide bonds. The van der Waals surface area contributed by atoms with Crippen LogP contribution in [0.5, 0.6) is 0 Å². The molecule has 0 fully saturated rings. The molecule has 0 atom stereocenters. The van der Waals surface area contributed by atoms with E-state index in [1.807, 2.05) is 13.0 Å². The second-order valence-electron chi connectivity index (χ2n) is 5.75. The Morgan fingerprint density at radius 3 is 2.64 bits per heavy atom. The minimum absolute atomic E-state index is 0.696. The van der Waals surface area contributed by atoms with Crippen LogP contribution >= 0.6 is 0 Å². The maximum Gasteiger partial charge on any atom is 0.225 e. The molecular weight excluding hydrogens is 272 g/mol. The van der Waals surface area contributed by atoms with Crippen molar-refractivity contribution < 1.29 is 0 Å². The smallest absolute Gasteiger partial charge is 0.225 e. The van der Waals surface area contributed by atoms with Crippen molar-refractivity contribution in [3.8, 4) is 0 Å². The Morgan fingerprint density at radius 1 is 1.14 bits per heavy atom. The molecule has 2 aromatic rings. The zero-order valence-corrected chi connectivity index (χ0v) is 14.1. The van der Waals surface area contributed by atoms with Gasteiger partial charge in [-0.3, -0.25) is 0 Å². The van der Waals surface area contributed by atoms with Gasteiger partial charge in [0.15, 0.2) is 0 Å². The highest BCUT2D eigenvalue weighted by molar-refractivity contribution is 5.44. The molecule has 0 spiro atoms. The zero-order chi connectivity index (χ0) is 15.9. The topological polar surface area (TPSA) is 41.1 Å². The van der Waals surface area contributed by atoms with Crippen molar-refractivity contribution in [3.63, 3.8) is 0 Å². The Morgan fingerprint density at radius 2 is 1.91 bits per heavy atom. The van der Waals surface area contributed by atoms with E-state index < -0.39 is 0 Å². The molecule has 0 aliphatic heterocycles. The lowest BCUT2D eigenvalue weighted by Gasteiger charge is -2.19. The summed E-state index contributed by atoms with van der Waals surface area (Å²) in [5, 5.41) is 3.35. The number of aromatic nitrogens is 2. The van der Waals surface area contributed by atoms with Crippen molar-refractivity contribution >= 4 is 11.8 Å². The van der Waals surface area contributed by atoms with E-state index in [0.29, 0.717) is 5.95 Å². The summed E-state index contributed by atoms with van der Waals surface area (Å²) in [5.74, 6) is 1.68. The molecule has 1 heterocycles. The third-order valence-corrected chi connectivity index (χ3v) is 3.78. The van der Waals surface area contributed by atoms with Crippen LogP contribution in [0.1, 0.15) is 36.6 Å². The van der Waals surface area contributed by atoms with Crippen molar-refractivity contribution in [2.45, 2.75) is 40.2 Å². The monoisotopic (exact) mass is 298 g/mol. The molecule has 1 aromatic heterocycles. The van der Waals surface area contributed by atoms with Crippen LogP contribution in [0.3, 0.4) is 0 Å². The van der Waals surface area contributed by atoms with Crippen molar-refractivity contribution in [1.29, 1.82) is 0 Å². The van der Waals surface area contributed by atoms with Crippen LogP contribution in [0.4, 0.5) is 11.8 Å². The van der Waals surface area contributed by atoms with Gasteiger partial charge < -0.3 is 10.2 Å². The highest BCUT2D eigenvalue weighted by Crippen LogP contribution is 2.15. The largest absolute Gasteiger partial charge is 0.360 e. The fourth-order valence-corrected chi connectivity index (χ4v) is 2.32. The highest BCUT2D eigenvalue weighted by Gasteiger charge is 2.07. The maximum atomic E-state index is 4.63. The number of hydrogen-bond acceptors (Lipinski definition) is 4. The molecule has 0 saturated carbocycles. The molecule has 118 valence electrons. The molecular formula is C18H26N4. The number of unbranched alkanes of at least 4 members (excludes halogenated alkanes) is 1. The fourth-order valence-electron chi connectivity index (χ4n) is 2.32. The first kappa shape index (κ1) is 16.3. The molecule has 0 unspecified atom stereocenters. The molecule has 0 aliphatic rings. The van der Waals surface area contributed by atoms with E-state index in [1.54, 1.807) is 0 Å². The zero-order valence-electron chi connectivity index (χ0n) is 14.1. The second-order valence-corrected chi connectivity index (χ2v) is 5.75. The Bertz CT molecular complexity index is 610. The standard InChI is InChI=1S/C18H26N4/c1-5-6-11-22(4)17-12-15(3)20-18(21-17)19-13-16-10-8-7-9-14(16)2/h7-10,12H,5-6,11,13H2,1-4H3,(H,19,20,21). The number of benzene rings is 1. The van der Waals surface area contributed by atoms with E-state index in [1.165, 1.54) is 24.0 Å². The number of anilines is 2. The van der Waals surface area contributed by atoms with Crippen molar-refractivity contribution in [2.24, 2.45) is 0 Å². The summed E-state index contributed by atoms with van der Waals surface area (Å²) in [7, 11) is 2.09. The molecule has 4 heteroatoms. The molecule has 0 aliphatic carbocycles. The van der Waals surface area contributed by atoms with Gasteiger partial charge in [-0.1, -0.05) is 37.6 Å². The van der Waals surface area contributed by atoms with Gasteiger partial charge in [0, 0.05) is 31.9 Å². The molecule has 0 saturated heterocycles. The first-order valence-corrected chi connectivity index (χ1v) is 7.95. The van der Waals surface area contributed by atoms with Crippen LogP contribution in [-0.4, -0.2) is 23.6 Å². The van der Waals surface area contributed by atoms with Crippen LogP contribution in [0, 0.1) is 13.8 Å². The Hall–Kier alpha value is -2.10. The van der Waals surface area contributed by atoms with Crippen LogP contribution in [0.2, 0.25) is 0 Å². The molecule has 0 radical (unpaired) electrons. The summed E-state index contributed by atoms with van der Waals surface area (Å²) in [6, 6.07) is 10.4. The predicted molar refractivity (Wildman–Crippen MR) is 93.5 cm³/mol. The third-order valence-electron chi connectivity index (χ3n) is 3.78. The number of hydrogen-bond donors (Lipinski definition) is 1. The van der Waals surface area contributed by atoms with E-state index in [-0.39, 0.29) is 0 Å². The van der Waals surface area contributed by atoms with Crippen molar-refractivity contribution in [3.05, 3.63) is 47.2 Å². The van der Waals surface area contributed by atoms with Crippen LogP contribution in [-0.2, 0) is 6.54 Å². The minimum atomic E-state index is 0.696. The Balaban J connectivity index is 2.08. The van der Waals surface area contributed by atoms with Gasteiger partial charge in [-0.25, -0.2) is 4.98 Å². The quantitative estimate of drug-likeness (QED) is 0.840. The first-order chi connectivity index (χ1) is 10.6. The fraction of sp³-hybridized carbons (Fsp3) is 0.444. The molecule has 4 nitrogen and oxygen atoms in total. The summed E-state index contributed by atoms with van der Waals surface area (Å²) in [4.78, 5) is 11.3. The Labute approximate surface area is 133 Å². The van der Waals surface area contributed by atoms with Crippen LogP contribution < -0.4 is 10.2 Å². The number of nitrogens with zero attached hydrogens (tertiary/aromatic N) is 3. The summed E-state index contributed by atoms with van der Waals surface area (Å²) >= 11 is 0. The minimum Gasteiger partial charge on any atom is -0.360 e. The van der Waals surface area contributed by atoms with Gasteiger partial charge in [0.25, 0.3) is 0 Å². The number of aryl methyl sites for hydroxylation is 2. The van der Waals surface area contributed by atoms with E-state index in [2.05, 4.69) is 65.3 Å². The summed E-state index contributed by atoms with van der Waals surface area (Å²) in [6.07, 6.45) is 2.36. The average Bonchev–Trinajstić information content (AvgIpc) is 2.51. The van der Waals surface area contributed by atoms with E-state index in [9.17, 15) is 0 Å². The lowest BCUT2D eigenvalue weighted by atomic mass is 10.1. The van der Waals surface area contributed by atoms with Gasteiger partial charge in [0.2, 0.25) is 5.95 Å². The molecule has 2 rings (SSSR count). The summed E-state index contributed by atoms with van der Waals surface area (Å²) in [5.41, 5.74) is 3.54. The molecule has 22 heavy (non-hydrogen) atoms. The molecule has 0 bridgehead atoms. The van der Waals surface area contributed by atoms with Crippen LogP contribution in [0.15, 0.2) is 30.3 Å². The van der Waals surface area contributed by atoms with Gasteiger partial charge >= 0.3 is 0 Å². The maximum absolute atomic E-state index is 4.63. The Kier molecular flexibility index (Phi) is 5.75. The average molecular weight is 298 g/mol. The molecule has 1 aromatic carbocycles. The highest BCUT2D eigenvalue weighted by atomic mass is 15.2. The third kappa shape index (κ3) is 4.45. The van der Waals surface area contributed by atoms with Gasteiger partial charge in [-0.2, -0.15) is 4.98 Å². The first-order valence-electron chi connectivity index (χ1n) is 7.95. The molecule has 1 N–H and O–H groups in total. The van der Waals surface area contributed by atoms with E-state index >= 15 is 0 Å². The number of rotatable bonds is 7. The van der Waals surface area contributed by atoms with Crippen molar-refractivity contribution in [2.75, 3.05) is 23.8 Å². The SMILES string of the molecule is CCCCN(C)c1cc(C)nc(NCc2ccccc2C)n1. The number of nitrogens with one attached hydrogen (secondary N) is 1. The van der Waals surface area contributed by atoms with Gasteiger partial charge in [0.05, 0.1) is 0 Å². The van der Waals surface area contributed by atoms with Gasteiger partial charge in [-0.05, 0) is 31.4 Å². The van der Waals surface area contributed by atoms with Crippen LogP contribution in [0.25, 0.3) is 0 Å².